The molecule has 0 amide bonds. The molecule has 1 aromatic carbocycles. The van der Waals surface area contributed by atoms with E-state index in [1.54, 1.807) is 0 Å². The standard InChI is InChI=1S/C14H19NO6S2.C2H6/c1-3-13-14(2,7-4-8-22(16,17)18)11-9-10(23(19,20)21)5-6-12(11)15-13;1-2/h5-6,9H,3-4,7-8H2,1-2H3,(H,16,17,18)(H,19,20,21);1-2H3. The fourth-order valence-electron chi connectivity index (χ4n) is 3.00. The van der Waals surface area contributed by atoms with E-state index in [-0.39, 0.29) is 17.1 Å². The van der Waals surface area contributed by atoms with Gasteiger partial charge in [-0.25, -0.2) is 0 Å². The zero-order chi connectivity index (χ0) is 19.5. The first-order valence-electron chi connectivity index (χ1n) is 8.12. The molecular formula is C16H25NO6S2. The highest BCUT2D eigenvalue weighted by molar-refractivity contribution is 7.86. The summed E-state index contributed by atoms with van der Waals surface area (Å²) in [5, 5.41) is 0. The van der Waals surface area contributed by atoms with E-state index in [0.717, 1.165) is 5.71 Å². The van der Waals surface area contributed by atoms with Crippen LogP contribution in [0.15, 0.2) is 28.1 Å². The van der Waals surface area contributed by atoms with E-state index in [4.69, 9.17) is 4.55 Å². The second kappa shape index (κ2) is 7.94. The average Bonchev–Trinajstić information content (AvgIpc) is 2.79. The highest BCUT2D eigenvalue weighted by Gasteiger charge is 2.38. The monoisotopic (exact) mass is 391 g/mol. The average molecular weight is 392 g/mol. The van der Waals surface area contributed by atoms with Crippen LogP contribution in [-0.2, 0) is 25.7 Å². The van der Waals surface area contributed by atoms with Gasteiger partial charge in [-0.2, -0.15) is 16.8 Å². The molecule has 1 aliphatic heterocycles. The van der Waals surface area contributed by atoms with E-state index in [1.807, 2.05) is 27.7 Å². The van der Waals surface area contributed by atoms with Gasteiger partial charge in [0.1, 0.15) is 0 Å². The fourth-order valence-corrected chi connectivity index (χ4v) is 4.01. The van der Waals surface area contributed by atoms with Crippen LogP contribution in [0.3, 0.4) is 0 Å². The predicted octanol–water partition coefficient (Wildman–Crippen LogP) is 3.38. The van der Waals surface area contributed by atoms with Crippen molar-refractivity contribution in [2.24, 2.45) is 4.99 Å². The summed E-state index contributed by atoms with van der Waals surface area (Å²) in [5.41, 5.74) is 1.44. The molecule has 0 radical (unpaired) electrons. The van der Waals surface area contributed by atoms with Crippen LogP contribution in [0.5, 0.6) is 0 Å². The fraction of sp³-hybridized carbons (Fsp3) is 0.562. The topological polar surface area (TPSA) is 121 Å². The van der Waals surface area contributed by atoms with E-state index in [1.165, 1.54) is 18.2 Å². The Hall–Kier alpha value is -1.29. The normalized spacial score (nSPS) is 19.7. The van der Waals surface area contributed by atoms with Gasteiger partial charge in [0.05, 0.1) is 16.3 Å². The molecule has 1 aliphatic rings. The van der Waals surface area contributed by atoms with Crippen LogP contribution in [-0.4, -0.2) is 37.4 Å². The van der Waals surface area contributed by atoms with Crippen LogP contribution in [0, 0.1) is 0 Å². The summed E-state index contributed by atoms with van der Waals surface area (Å²) >= 11 is 0. The maximum absolute atomic E-state index is 11.3. The first kappa shape index (κ1) is 21.8. The Morgan fingerprint density at radius 3 is 2.20 bits per heavy atom. The summed E-state index contributed by atoms with van der Waals surface area (Å²) in [7, 11) is -8.38. The van der Waals surface area contributed by atoms with Crippen molar-refractivity contribution in [3.8, 4) is 0 Å². The van der Waals surface area contributed by atoms with Crippen molar-refractivity contribution in [2.75, 3.05) is 5.75 Å². The lowest BCUT2D eigenvalue weighted by Gasteiger charge is -2.27. The molecule has 1 aromatic rings. The molecule has 0 saturated carbocycles. The van der Waals surface area contributed by atoms with E-state index < -0.39 is 25.7 Å². The first-order chi connectivity index (χ1) is 11.5. The molecule has 1 atom stereocenters. The number of aliphatic imine (C=N–C) groups is 1. The smallest absolute Gasteiger partial charge is 0.286 e. The summed E-state index contributed by atoms with van der Waals surface area (Å²) in [6, 6.07) is 4.20. The van der Waals surface area contributed by atoms with Crippen molar-refractivity contribution in [3.05, 3.63) is 23.8 Å². The molecule has 1 heterocycles. The van der Waals surface area contributed by atoms with Crippen LogP contribution < -0.4 is 0 Å². The maximum Gasteiger partial charge on any atom is 0.294 e. The van der Waals surface area contributed by atoms with Gasteiger partial charge in [0, 0.05) is 11.1 Å². The Morgan fingerprint density at radius 1 is 1.12 bits per heavy atom. The third kappa shape index (κ3) is 5.10. The van der Waals surface area contributed by atoms with E-state index in [2.05, 4.69) is 4.99 Å². The van der Waals surface area contributed by atoms with Crippen molar-refractivity contribution < 1.29 is 25.9 Å². The molecular weight excluding hydrogens is 366 g/mol. The Morgan fingerprint density at radius 2 is 1.72 bits per heavy atom. The Balaban J connectivity index is 0.00000151. The number of nitrogens with zero attached hydrogens (tertiary/aromatic N) is 1. The van der Waals surface area contributed by atoms with E-state index in [9.17, 15) is 21.4 Å². The minimum absolute atomic E-state index is 0.212. The van der Waals surface area contributed by atoms with Gasteiger partial charge in [0.2, 0.25) is 0 Å². The summed E-state index contributed by atoms with van der Waals surface area (Å²) < 4.78 is 62.6. The number of rotatable bonds is 6. The molecule has 7 nitrogen and oxygen atoms in total. The molecule has 0 fully saturated rings. The van der Waals surface area contributed by atoms with E-state index in [0.29, 0.717) is 24.1 Å². The highest BCUT2D eigenvalue weighted by atomic mass is 32.2. The number of hydrogen-bond donors (Lipinski definition) is 2. The van der Waals surface area contributed by atoms with E-state index >= 15 is 0 Å². The van der Waals surface area contributed by atoms with Crippen molar-refractivity contribution in [3.63, 3.8) is 0 Å². The summed E-state index contributed by atoms with van der Waals surface area (Å²) in [6.45, 7) is 7.77. The van der Waals surface area contributed by atoms with Gasteiger partial charge >= 0.3 is 0 Å². The van der Waals surface area contributed by atoms with Crippen LogP contribution in [0.2, 0.25) is 0 Å². The second-order valence-corrected chi connectivity index (χ2v) is 8.78. The zero-order valence-electron chi connectivity index (χ0n) is 14.9. The molecule has 0 spiro atoms. The molecule has 142 valence electrons. The summed E-state index contributed by atoms with van der Waals surface area (Å²) in [4.78, 5) is 4.27. The van der Waals surface area contributed by atoms with Crippen molar-refractivity contribution in [1.29, 1.82) is 0 Å². The van der Waals surface area contributed by atoms with Crippen LogP contribution >= 0.6 is 0 Å². The van der Waals surface area contributed by atoms with Gasteiger partial charge in [0.15, 0.2) is 0 Å². The third-order valence-corrected chi connectivity index (χ3v) is 5.82. The molecule has 2 N–H and O–H groups in total. The molecule has 0 aromatic heterocycles. The lowest BCUT2D eigenvalue weighted by molar-refractivity contribution is 0.475. The van der Waals surface area contributed by atoms with Crippen molar-refractivity contribution >= 4 is 31.6 Å². The molecule has 0 saturated heterocycles. The summed E-state index contributed by atoms with van der Waals surface area (Å²) in [6.07, 6.45) is 1.23. The quantitative estimate of drug-likeness (QED) is 0.717. The maximum atomic E-state index is 11.3. The molecule has 9 heteroatoms. The minimum atomic E-state index is -4.33. The van der Waals surface area contributed by atoms with Gasteiger partial charge in [-0.15, -0.1) is 0 Å². The van der Waals surface area contributed by atoms with Crippen LogP contribution in [0.25, 0.3) is 0 Å². The van der Waals surface area contributed by atoms with Crippen molar-refractivity contribution in [1.82, 2.24) is 0 Å². The zero-order valence-corrected chi connectivity index (χ0v) is 16.5. The summed E-state index contributed by atoms with van der Waals surface area (Å²) in [5.74, 6) is -0.368. The minimum Gasteiger partial charge on any atom is -0.286 e. The van der Waals surface area contributed by atoms with Gasteiger partial charge in [-0.3, -0.25) is 14.1 Å². The number of benzene rings is 1. The van der Waals surface area contributed by atoms with Gasteiger partial charge in [-0.1, -0.05) is 27.7 Å². The van der Waals surface area contributed by atoms with Gasteiger partial charge in [0.25, 0.3) is 20.2 Å². The van der Waals surface area contributed by atoms with Gasteiger partial charge in [-0.05, 0) is 43.0 Å². The second-order valence-electron chi connectivity index (χ2n) is 5.79. The van der Waals surface area contributed by atoms with Crippen molar-refractivity contribution in [2.45, 2.75) is 57.3 Å². The predicted molar refractivity (Wildman–Crippen MR) is 98.0 cm³/mol. The SMILES string of the molecule is CC.CCC1=Nc2ccc(S(=O)(=O)O)cc2C1(C)CCCS(=O)(=O)O. The van der Waals surface area contributed by atoms with Crippen LogP contribution in [0.4, 0.5) is 5.69 Å². The largest absolute Gasteiger partial charge is 0.294 e. The lowest BCUT2D eigenvalue weighted by Crippen LogP contribution is -2.30. The molecule has 0 aliphatic carbocycles. The molecule has 1 unspecified atom stereocenters. The molecule has 0 bridgehead atoms. The first-order valence-corrected chi connectivity index (χ1v) is 11.2. The molecule has 25 heavy (non-hydrogen) atoms. The molecule has 2 rings (SSSR count). The Bertz CT molecular complexity index is 859. The Kier molecular flexibility index (Phi) is 6.91. The Labute approximate surface area is 149 Å². The van der Waals surface area contributed by atoms with Crippen LogP contribution in [0.1, 0.15) is 52.5 Å². The number of fused-ring (bicyclic) bond motifs is 1. The number of hydrogen-bond acceptors (Lipinski definition) is 5. The van der Waals surface area contributed by atoms with Gasteiger partial charge < -0.3 is 0 Å². The highest BCUT2D eigenvalue weighted by Crippen LogP contribution is 2.44. The lowest BCUT2D eigenvalue weighted by atomic mass is 9.75. The third-order valence-electron chi connectivity index (χ3n) is 4.17.